The molecule has 23 heavy (non-hydrogen) atoms. The molecule has 1 heterocycles. The number of aromatic hydroxyl groups is 1. The average molecular weight is 320 g/mol. The number of amides is 2. The molecule has 1 unspecified atom stereocenters. The maximum Gasteiger partial charge on any atom is 0.263 e. The van der Waals surface area contributed by atoms with Crippen LogP contribution in [0.2, 0.25) is 0 Å². The minimum Gasteiger partial charge on any atom is -0.508 e. The highest BCUT2D eigenvalue weighted by Crippen LogP contribution is 2.18. The summed E-state index contributed by atoms with van der Waals surface area (Å²) in [4.78, 5) is 27.9. The van der Waals surface area contributed by atoms with Crippen molar-refractivity contribution < 1.29 is 19.4 Å². The molecule has 0 bridgehead atoms. The van der Waals surface area contributed by atoms with Gasteiger partial charge in [0.25, 0.3) is 5.91 Å². The number of ether oxygens (including phenoxy) is 1. The number of benzene rings is 1. The number of nitrogens with zero attached hydrogens (tertiary/aromatic N) is 2. The van der Waals surface area contributed by atoms with Gasteiger partial charge in [-0.3, -0.25) is 9.59 Å². The third kappa shape index (κ3) is 4.61. The van der Waals surface area contributed by atoms with Gasteiger partial charge in [-0.25, -0.2) is 0 Å². The van der Waals surface area contributed by atoms with E-state index in [4.69, 9.17) is 4.74 Å². The Labute approximate surface area is 136 Å². The molecule has 1 aromatic carbocycles. The summed E-state index contributed by atoms with van der Waals surface area (Å²) in [6.45, 7) is 6.01. The number of phenols is 1. The molecule has 1 N–H and O–H groups in total. The Morgan fingerprint density at radius 2 is 1.74 bits per heavy atom. The Kier molecular flexibility index (Phi) is 5.84. The molecule has 1 aromatic rings. The third-order valence-corrected chi connectivity index (χ3v) is 3.96. The van der Waals surface area contributed by atoms with Gasteiger partial charge in [0.15, 0.2) is 6.10 Å². The summed E-state index contributed by atoms with van der Waals surface area (Å²) in [6.07, 6.45) is 0.672. The minimum atomic E-state index is -0.604. The van der Waals surface area contributed by atoms with Crippen molar-refractivity contribution in [2.45, 2.75) is 32.8 Å². The van der Waals surface area contributed by atoms with Gasteiger partial charge in [-0.2, -0.15) is 0 Å². The van der Waals surface area contributed by atoms with Crippen LogP contribution in [-0.2, 0) is 9.59 Å². The normalized spacial score (nSPS) is 16.6. The van der Waals surface area contributed by atoms with Gasteiger partial charge < -0.3 is 19.6 Å². The fourth-order valence-electron chi connectivity index (χ4n) is 2.65. The van der Waals surface area contributed by atoms with Crippen molar-refractivity contribution in [3.8, 4) is 11.5 Å². The molecule has 0 aliphatic carbocycles. The van der Waals surface area contributed by atoms with Gasteiger partial charge in [0.2, 0.25) is 5.91 Å². The highest BCUT2D eigenvalue weighted by Gasteiger charge is 2.25. The van der Waals surface area contributed by atoms with Crippen LogP contribution in [-0.4, -0.2) is 59.0 Å². The Bertz CT molecular complexity index is 544. The van der Waals surface area contributed by atoms with E-state index in [1.807, 2.05) is 11.8 Å². The zero-order valence-corrected chi connectivity index (χ0v) is 13.7. The van der Waals surface area contributed by atoms with Crippen LogP contribution < -0.4 is 4.74 Å². The highest BCUT2D eigenvalue weighted by molar-refractivity contribution is 5.81. The second-order valence-corrected chi connectivity index (χ2v) is 5.67. The monoisotopic (exact) mass is 320 g/mol. The molecule has 2 rings (SSSR count). The molecule has 0 radical (unpaired) electrons. The number of carbonyl (C=O) groups excluding carboxylic acids is 2. The lowest BCUT2D eigenvalue weighted by Crippen LogP contribution is -2.43. The lowest BCUT2D eigenvalue weighted by atomic mass is 10.3. The zero-order valence-electron chi connectivity index (χ0n) is 13.7. The van der Waals surface area contributed by atoms with Gasteiger partial charge in [0.05, 0.1) is 0 Å². The molecule has 1 aliphatic rings. The van der Waals surface area contributed by atoms with Gasteiger partial charge in [0.1, 0.15) is 11.5 Å². The predicted octanol–water partition coefficient (Wildman–Crippen LogP) is 1.63. The van der Waals surface area contributed by atoms with Crippen LogP contribution in [0.15, 0.2) is 24.3 Å². The van der Waals surface area contributed by atoms with Crippen LogP contribution in [0.1, 0.15) is 26.7 Å². The second kappa shape index (κ2) is 7.85. The summed E-state index contributed by atoms with van der Waals surface area (Å²) >= 11 is 0. The van der Waals surface area contributed by atoms with E-state index in [0.717, 1.165) is 6.42 Å². The number of carbonyl (C=O) groups is 2. The highest BCUT2D eigenvalue weighted by atomic mass is 16.5. The van der Waals surface area contributed by atoms with E-state index in [9.17, 15) is 14.7 Å². The van der Waals surface area contributed by atoms with E-state index >= 15 is 0 Å². The lowest BCUT2D eigenvalue weighted by molar-refractivity contribution is -0.138. The first-order chi connectivity index (χ1) is 11.0. The zero-order chi connectivity index (χ0) is 16.8. The second-order valence-electron chi connectivity index (χ2n) is 5.67. The minimum absolute atomic E-state index is 0.0797. The van der Waals surface area contributed by atoms with Crippen molar-refractivity contribution in [3.05, 3.63) is 24.3 Å². The summed E-state index contributed by atoms with van der Waals surface area (Å²) in [7, 11) is 0. The SMILES string of the molecule is CCC(=O)N1CCCN(C(=O)C(C)Oc2ccc(O)cc2)CC1. The van der Waals surface area contributed by atoms with Crippen LogP contribution >= 0.6 is 0 Å². The van der Waals surface area contributed by atoms with Gasteiger partial charge in [-0.15, -0.1) is 0 Å². The molecule has 1 aliphatic heterocycles. The van der Waals surface area contributed by atoms with Crippen LogP contribution in [0, 0.1) is 0 Å². The molecule has 0 spiro atoms. The standard InChI is InChI=1S/C17H24N2O4/c1-3-16(21)18-9-4-10-19(12-11-18)17(22)13(2)23-15-7-5-14(20)6-8-15/h5-8,13,20H,3-4,9-12H2,1-2H3. The third-order valence-electron chi connectivity index (χ3n) is 3.96. The van der Waals surface area contributed by atoms with E-state index in [2.05, 4.69) is 0 Å². The van der Waals surface area contributed by atoms with Gasteiger partial charge in [0, 0.05) is 32.6 Å². The van der Waals surface area contributed by atoms with E-state index < -0.39 is 6.10 Å². The molecule has 6 heteroatoms. The molecule has 6 nitrogen and oxygen atoms in total. The first kappa shape index (κ1) is 17.1. The summed E-state index contributed by atoms with van der Waals surface area (Å²) in [6, 6.07) is 6.30. The van der Waals surface area contributed by atoms with Crippen LogP contribution in [0.3, 0.4) is 0 Å². The summed E-state index contributed by atoms with van der Waals surface area (Å²) in [5, 5.41) is 9.26. The van der Waals surface area contributed by atoms with Crippen LogP contribution in [0.4, 0.5) is 0 Å². The number of hydrogen-bond acceptors (Lipinski definition) is 4. The fourth-order valence-corrected chi connectivity index (χ4v) is 2.65. The van der Waals surface area contributed by atoms with Crippen molar-refractivity contribution in [1.82, 2.24) is 9.80 Å². The smallest absolute Gasteiger partial charge is 0.263 e. The quantitative estimate of drug-likeness (QED) is 0.915. The molecule has 126 valence electrons. The fraction of sp³-hybridized carbons (Fsp3) is 0.529. The van der Waals surface area contributed by atoms with Gasteiger partial charge >= 0.3 is 0 Å². The maximum atomic E-state index is 12.5. The van der Waals surface area contributed by atoms with Crippen molar-refractivity contribution in [1.29, 1.82) is 0 Å². The largest absolute Gasteiger partial charge is 0.508 e. The average Bonchev–Trinajstić information content (AvgIpc) is 2.81. The number of phenolic OH excluding ortho intramolecular Hbond substituents is 1. The molecule has 1 saturated heterocycles. The predicted molar refractivity (Wildman–Crippen MR) is 86.3 cm³/mol. The molecular weight excluding hydrogens is 296 g/mol. The summed E-state index contributed by atoms with van der Waals surface area (Å²) in [5.74, 6) is 0.752. The van der Waals surface area contributed by atoms with Crippen molar-refractivity contribution in [2.75, 3.05) is 26.2 Å². The summed E-state index contributed by atoms with van der Waals surface area (Å²) in [5.41, 5.74) is 0. The van der Waals surface area contributed by atoms with E-state index in [0.29, 0.717) is 38.3 Å². The maximum absolute atomic E-state index is 12.5. The Hall–Kier alpha value is -2.24. The molecule has 1 fully saturated rings. The molecule has 0 saturated carbocycles. The number of rotatable bonds is 4. The molecule has 1 atom stereocenters. The first-order valence-electron chi connectivity index (χ1n) is 8.03. The van der Waals surface area contributed by atoms with E-state index in [-0.39, 0.29) is 17.6 Å². The van der Waals surface area contributed by atoms with Gasteiger partial charge in [-0.05, 0) is 37.6 Å². The van der Waals surface area contributed by atoms with E-state index in [1.165, 1.54) is 12.1 Å². The Morgan fingerprint density at radius 1 is 1.13 bits per heavy atom. The van der Waals surface area contributed by atoms with Crippen LogP contribution in [0.5, 0.6) is 11.5 Å². The van der Waals surface area contributed by atoms with Gasteiger partial charge in [-0.1, -0.05) is 6.92 Å². The van der Waals surface area contributed by atoms with Crippen LogP contribution in [0.25, 0.3) is 0 Å². The molecule has 0 aromatic heterocycles. The Balaban J connectivity index is 1.91. The Morgan fingerprint density at radius 3 is 2.39 bits per heavy atom. The van der Waals surface area contributed by atoms with E-state index in [1.54, 1.807) is 24.0 Å². The molecular formula is C17H24N2O4. The first-order valence-corrected chi connectivity index (χ1v) is 8.03. The van der Waals surface area contributed by atoms with Crippen molar-refractivity contribution >= 4 is 11.8 Å². The van der Waals surface area contributed by atoms with Crippen molar-refractivity contribution in [3.63, 3.8) is 0 Å². The lowest BCUT2D eigenvalue weighted by Gasteiger charge is -2.25. The summed E-state index contributed by atoms with van der Waals surface area (Å²) < 4.78 is 5.64. The van der Waals surface area contributed by atoms with Crippen molar-refractivity contribution in [2.24, 2.45) is 0 Å². The molecule has 2 amide bonds. The number of hydrogen-bond donors (Lipinski definition) is 1. The topological polar surface area (TPSA) is 70.1 Å².